The van der Waals surface area contributed by atoms with Crippen molar-refractivity contribution in [1.82, 2.24) is 0 Å². The molecule has 8 N–H and O–H groups in total. The van der Waals surface area contributed by atoms with Crippen LogP contribution in [0.4, 0.5) is 0 Å². The van der Waals surface area contributed by atoms with Crippen LogP contribution in [-0.2, 0) is 42.6 Å². The number of rotatable bonds is 45. The molecule has 0 aliphatic rings. The molecular weight excluding hydrogens is 749 g/mol. The van der Waals surface area contributed by atoms with Crippen LogP contribution in [0.25, 0.3) is 0 Å². The maximum atomic E-state index is 6.43. The normalized spacial score (nSPS) is 14.2. The average Bonchev–Trinajstić information content (AvgIpc) is 3.15. The first-order valence-electron chi connectivity index (χ1n) is 19.0. The third kappa shape index (κ3) is 37.8. The number of methoxy groups -OCH3 is 1. The molecule has 52 heavy (non-hydrogen) atoms. The Hall–Kier alpha value is 0.880. The summed E-state index contributed by atoms with van der Waals surface area (Å²) in [5.41, 5.74) is 22.4. The van der Waals surface area contributed by atoms with E-state index >= 15 is 0 Å². The van der Waals surface area contributed by atoms with Crippen molar-refractivity contribution < 1.29 is 42.6 Å². The van der Waals surface area contributed by atoms with Crippen LogP contribution >= 0.6 is 47.0 Å². The summed E-state index contributed by atoms with van der Waals surface area (Å²) in [6.07, 6.45) is 2.79. The monoisotopic (exact) mass is 824 g/mol. The van der Waals surface area contributed by atoms with Crippen LogP contribution in [0.2, 0.25) is 0 Å². The summed E-state index contributed by atoms with van der Waals surface area (Å²) in [7, 11) is 1.67. The third-order valence-corrected chi connectivity index (χ3v) is 11.3. The Bertz CT molecular complexity index is 640. The second kappa shape index (κ2) is 44.6. The van der Waals surface area contributed by atoms with E-state index in [4.69, 9.17) is 65.6 Å². The molecule has 0 fully saturated rings. The smallest absolute Gasteiger partial charge is 0.104 e. The predicted molar refractivity (Wildman–Crippen MR) is 224 cm³/mol. The summed E-state index contributed by atoms with van der Waals surface area (Å²) in [4.78, 5) is 0. The molecule has 17 heteroatoms. The highest BCUT2D eigenvalue weighted by atomic mass is 32.2. The van der Waals surface area contributed by atoms with E-state index in [0.717, 1.165) is 71.7 Å². The van der Waals surface area contributed by atoms with Crippen molar-refractivity contribution in [1.29, 1.82) is 0 Å². The van der Waals surface area contributed by atoms with Crippen LogP contribution in [0.1, 0.15) is 32.6 Å². The zero-order chi connectivity index (χ0) is 38.0. The van der Waals surface area contributed by atoms with Gasteiger partial charge in [-0.05, 0) is 55.6 Å². The van der Waals surface area contributed by atoms with E-state index in [0.29, 0.717) is 112 Å². The Kier molecular flexibility index (Phi) is 45.3. The summed E-state index contributed by atoms with van der Waals surface area (Å²) in [5, 5.41) is 0. The molecule has 4 unspecified atom stereocenters. The fourth-order valence-electron chi connectivity index (χ4n) is 4.38. The Morgan fingerprint density at radius 2 is 0.673 bits per heavy atom. The summed E-state index contributed by atoms with van der Waals surface area (Å²) >= 11 is 7.37. The lowest BCUT2D eigenvalue weighted by atomic mass is 10.3. The highest BCUT2D eigenvalue weighted by Crippen LogP contribution is 2.09. The number of nitrogens with two attached hydrogens (primary N) is 4. The van der Waals surface area contributed by atoms with E-state index in [1.54, 1.807) is 7.11 Å². The summed E-state index contributed by atoms with van der Waals surface area (Å²) in [6.45, 7) is 11.1. The van der Waals surface area contributed by atoms with Crippen LogP contribution < -0.4 is 22.9 Å². The summed E-state index contributed by atoms with van der Waals surface area (Å²) < 4.78 is 54.4. The number of ether oxygens (including phenoxy) is 9. The maximum absolute atomic E-state index is 6.43. The molecule has 0 aromatic carbocycles. The van der Waals surface area contributed by atoms with E-state index in [-0.39, 0.29) is 24.4 Å². The van der Waals surface area contributed by atoms with Crippen molar-refractivity contribution in [2.75, 3.05) is 165 Å². The summed E-state index contributed by atoms with van der Waals surface area (Å²) in [5.74, 6) is 7.92. The number of hydrogen-bond donors (Lipinski definition) is 4. The third-order valence-electron chi connectivity index (χ3n) is 6.88. The Morgan fingerprint density at radius 1 is 0.385 bits per heavy atom. The lowest BCUT2D eigenvalue weighted by Crippen LogP contribution is -2.37. The Morgan fingerprint density at radius 3 is 0.942 bits per heavy atom. The van der Waals surface area contributed by atoms with Gasteiger partial charge < -0.3 is 65.6 Å². The van der Waals surface area contributed by atoms with Crippen molar-refractivity contribution in [3.63, 3.8) is 0 Å². The molecule has 0 amide bonds. The molecule has 0 saturated carbocycles. The molecule has 4 atom stereocenters. The van der Waals surface area contributed by atoms with Gasteiger partial charge in [0.05, 0.1) is 52.9 Å². The van der Waals surface area contributed by atoms with E-state index in [9.17, 15) is 0 Å². The second-order valence-corrected chi connectivity index (χ2v) is 16.6. The lowest BCUT2D eigenvalue weighted by Gasteiger charge is -2.26. The highest BCUT2D eigenvalue weighted by molar-refractivity contribution is 7.99. The second-order valence-electron chi connectivity index (χ2n) is 11.7. The zero-order valence-corrected chi connectivity index (χ0v) is 35.7. The standard InChI is InChI=1S/C35H76N4O9S4/c1-3-45-33(26-42-13-5-17-50-21-9-37)29-47-35(28-44-15-7-19-52-23-11-39)31-48-34(27-43-14-6-18-51-22-10-38)30-46-32(24-40-2)25-41-12-4-16-49-20-8-36/h32-35H,3-31,36-39H2,1-2H3. The molecule has 0 aliphatic heterocycles. The molecule has 13 nitrogen and oxygen atoms in total. The average molecular weight is 825 g/mol. The highest BCUT2D eigenvalue weighted by Gasteiger charge is 2.20. The fourth-order valence-corrected chi connectivity index (χ4v) is 7.15. The molecule has 0 heterocycles. The molecule has 0 rings (SSSR count). The molecule has 0 aromatic heterocycles. The molecule has 0 aromatic rings. The number of hydrogen-bond acceptors (Lipinski definition) is 17. The minimum atomic E-state index is -0.314. The summed E-state index contributed by atoms with van der Waals surface area (Å²) in [6, 6.07) is 0. The van der Waals surface area contributed by atoms with Crippen molar-refractivity contribution in [3.8, 4) is 0 Å². The first kappa shape index (κ1) is 52.9. The SMILES string of the molecule is CCOC(COCCCSCCN)COC(COCCCSCCN)COC(COCCCSCCN)COC(COC)COCCCSCCN. The van der Waals surface area contributed by atoms with Gasteiger partial charge in [0.15, 0.2) is 0 Å². The minimum absolute atomic E-state index is 0.189. The van der Waals surface area contributed by atoms with E-state index in [1.807, 2.05) is 54.0 Å². The van der Waals surface area contributed by atoms with Gasteiger partial charge in [-0.15, -0.1) is 0 Å². The van der Waals surface area contributed by atoms with Gasteiger partial charge in [0, 0.05) is 89.3 Å². The van der Waals surface area contributed by atoms with E-state index in [2.05, 4.69) is 0 Å². The zero-order valence-electron chi connectivity index (χ0n) is 32.4. The van der Waals surface area contributed by atoms with Crippen molar-refractivity contribution in [3.05, 3.63) is 0 Å². The molecule has 0 aliphatic carbocycles. The van der Waals surface area contributed by atoms with Crippen LogP contribution in [0, 0.1) is 0 Å². The van der Waals surface area contributed by atoms with Crippen LogP contribution in [-0.4, -0.2) is 190 Å². The maximum Gasteiger partial charge on any atom is 0.104 e. The van der Waals surface area contributed by atoms with Gasteiger partial charge >= 0.3 is 0 Å². The molecule has 0 spiro atoms. The van der Waals surface area contributed by atoms with Gasteiger partial charge in [-0.3, -0.25) is 0 Å². The van der Waals surface area contributed by atoms with Gasteiger partial charge in [0.25, 0.3) is 0 Å². The topological polar surface area (TPSA) is 187 Å². The molecule has 0 bridgehead atoms. The fraction of sp³-hybridized carbons (Fsp3) is 1.00. The Labute approximate surface area is 333 Å². The molecular formula is C35H76N4O9S4. The molecule has 0 saturated heterocycles. The van der Waals surface area contributed by atoms with E-state index < -0.39 is 0 Å². The van der Waals surface area contributed by atoms with Crippen molar-refractivity contribution in [2.45, 2.75) is 57.0 Å². The minimum Gasteiger partial charge on any atom is -0.382 e. The number of thioether (sulfide) groups is 4. The van der Waals surface area contributed by atoms with Gasteiger partial charge in [-0.25, -0.2) is 0 Å². The van der Waals surface area contributed by atoms with Crippen LogP contribution in [0.5, 0.6) is 0 Å². The first-order valence-corrected chi connectivity index (χ1v) is 23.6. The largest absolute Gasteiger partial charge is 0.382 e. The predicted octanol–water partition coefficient (Wildman–Crippen LogP) is 2.59. The van der Waals surface area contributed by atoms with Crippen LogP contribution in [0.15, 0.2) is 0 Å². The van der Waals surface area contributed by atoms with E-state index in [1.165, 1.54) is 0 Å². The van der Waals surface area contributed by atoms with Gasteiger partial charge in [-0.2, -0.15) is 47.0 Å². The van der Waals surface area contributed by atoms with Crippen LogP contribution in [0.3, 0.4) is 0 Å². The van der Waals surface area contributed by atoms with Gasteiger partial charge in [-0.1, -0.05) is 0 Å². The quantitative estimate of drug-likeness (QED) is 0.0656. The molecule has 0 radical (unpaired) electrons. The van der Waals surface area contributed by atoms with Gasteiger partial charge in [0.1, 0.15) is 24.4 Å². The van der Waals surface area contributed by atoms with Gasteiger partial charge in [0.2, 0.25) is 0 Å². The van der Waals surface area contributed by atoms with Crippen molar-refractivity contribution in [2.24, 2.45) is 22.9 Å². The molecule has 314 valence electrons. The van der Waals surface area contributed by atoms with Crippen molar-refractivity contribution >= 4 is 47.0 Å². The lowest BCUT2D eigenvalue weighted by molar-refractivity contribution is -0.140. The Balaban J connectivity index is 5.23. The first-order chi connectivity index (χ1) is 25.6.